The number of hydrogen-bond acceptors (Lipinski definition) is 10. The first-order valence-electron chi connectivity index (χ1n) is 19.0. The van der Waals surface area contributed by atoms with Gasteiger partial charge >= 0.3 is 18.9 Å². The SMILES string of the molecule is O=C(c1ccccc1OC(F)(F)C(F)F)N1CC[C@@H](CNc2nc3ccc(Cl)cc3o2)C1.O=C(c1ccccc1OC(F)(F)F)N1CC[C@@H](CNc2nc3ccc(Cl)cc3o2)C1. The molecule has 0 unspecified atom stereocenters. The van der Waals surface area contributed by atoms with Crippen LogP contribution in [-0.4, -0.2) is 89.7 Å². The van der Waals surface area contributed by atoms with Crippen LogP contribution in [0, 0.1) is 11.8 Å². The fraction of sp³-hybridized carbons (Fsp3) is 0.317. The van der Waals surface area contributed by atoms with Gasteiger partial charge in [0.1, 0.15) is 22.5 Å². The number of oxazole rings is 2. The highest BCUT2D eigenvalue weighted by Gasteiger charge is 2.45. The summed E-state index contributed by atoms with van der Waals surface area (Å²) in [5, 5.41) is 7.26. The average molecular weight is 912 g/mol. The van der Waals surface area contributed by atoms with Gasteiger partial charge in [0.05, 0.1) is 11.1 Å². The smallest absolute Gasteiger partial charge is 0.427 e. The molecule has 12 nitrogen and oxygen atoms in total. The van der Waals surface area contributed by atoms with E-state index < -0.39 is 42.2 Å². The molecule has 2 fully saturated rings. The van der Waals surface area contributed by atoms with Gasteiger partial charge in [-0.05, 0) is 73.2 Å². The number of benzene rings is 4. The fourth-order valence-corrected chi connectivity index (χ4v) is 7.22. The summed E-state index contributed by atoms with van der Waals surface area (Å²) in [6.07, 6.45) is -12.2. The zero-order valence-electron chi connectivity index (χ0n) is 32.1. The van der Waals surface area contributed by atoms with Gasteiger partial charge in [-0.25, -0.2) is 0 Å². The van der Waals surface area contributed by atoms with Gasteiger partial charge in [0.25, 0.3) is 23.8 Å². The van der Waals surface area contributed by atoms with E-state index in [9.17, 15) is 40.3 Å². The number of carbonyl (C=O) groups is 2. The van der Waals surface area contributed by atoms with E-state index in [0.29, 0.717) is 96.4 Å². The Labute approximate surface area is 357 Å². The number of ether oxygens (including phenoxy) is 2. The van der Waals surface area contributed by atoms with Gasteiger partial charge in [-0.15, -0.1) is 13.2 Å². The van der Waals surface area contributed by atoms with Crippen molar-refractivity contribution in [3.05, 3.63) is 106 Å². The van der Waals surface area contributed by atoms with Gasteiger partial charge in [-0.1, -0.05) is 47.5 Å². The van der Waals surface area contributed by atoms with Crippen molar-refractivity contribution in [2.45, 2.75) is 31.7 Å². The Morgan fingerprint density at radius 1 is 0.694 bits per heavy atom. The summed E-state index contributed by atoms with van der Waals surface area (Å²) >= 11 is 11.9. The van der Waals surface area contributed by atoms with Crippen LogP contribution in [0.2, 0.25) is 10.0 Å². The molecule has 0 aliphatic carbocycles. The van der Waals surface area contributed by atoms with Crippen LogP contribution in [0.3, 0.4) is 0 Å². The Morgan fingerprint density at radius 2 is 1.13 bits per heavy atom. The predicted octanol–water partition coefficient (Wildman–Crippen LogP) is 10.2. The minimum atomic E-state index is -4.86. The molecule has 2 aromatic heterocycles. The lowest BCUT2D eigenvalue weighted by atomic mass is 10.1. The third-order valence-electron chi connectivity index (χ3n) is 9.89. The second-order valence-electron chi connectivity index (χ2n) is 14.3. The Hall–Kier alpha value is -5.95. The van der Waals surface area contributed by atoms with Crippen LogP contribution < -0.4 is 20.1 Å². The minimum Gasteiger partial charge on any atom is -0.427 e. The molecule has 0 spiro atoms. The van der Waals surface area contributed by atoms with Gasteiger partial charge in [0, 0.05) is 61.4 Å². The standard InChI is InChI=1S/C21H18ClF4N3O3.C20H17ClF3N3O3/c22-13-5-6-15-17(9-13)31-20(28-15)27-10-12-7-8-29(11-12)18(30)14-3-1-2-4-16(14)32-21(25,26)19(23)24;21-13-5-6-15-17(9-13)29-19(26-15)25-10-12-7-8-27(11-12)18(28)14-3-1-2-4-16(14)30-20(22,23)24/h1-6,9,12,19H,7-8,10-11H2,(H,27,28);1-6,9,12H,7-8,10-11H2,(H,25,26)/t2*12-/m00/s1. The van der Waals surface area contributed by atoms with Crippen LogP contribution in [0.1, 0.15) is 33.6 Å². The van der Waals surface area contributed by atoms with E-state index in [0.717, 1.165) is 12.1 Å². The summed E-state index contributed by atoms with van der Waals surface area (Å²) in [6, 6.07) is 21.4. The molecule has 2 saturated heterocycles. The summed E-state index contributed by atoms with van der Waals surface area (Å²) in [7, 11) is 0. The Balaban J connectivity index is 0.000000187. The zero-order valence-corrected chi connectivity index (χ0v) is 33.6. The lowest BCUT2D eigenvalue weighted by Crippen LogP contribution is -2.35. The van der Waals surface area contributed by atoms with E-state index in [4.69, 9.17) is 32.0 Å². The van der Waals surface area contributed by atoms with Crippen molar-refractivity contribution in [1.29, 1.82) is 0 Å². The van der Waals surface area contributed by atoms with Crippen LogP contribution in [0.15, 0.2) is 93.8 Å². The molecule has 21 heteroatoms. The van der Waals surface area contributed by atoms with E-state index in [1.165, 1.54) is 46.2 Å². The van der Waals surface area contributed by atoms with Crippen LogP contribution >= 0.6 is 23.2 Å². The van der Waals surface area contributed by atoms with Gasteiger partial charge < -0.3 is 38.7 Å². The molecule has 4 heterocycles. The van der Waals surface area contributed by atoms with E-state index >= 15 is 0 Å². The molecule has 328 valence electrons. The summed E-state index contributed by atoms with van der Waals surface area (Å²) in [6.45, 7) is 2.54. The number of para-hydroxylation sites is 2. The first kappa shape index (κ1) is 44.1. The number of carbonyl (C=O) groups excluding carboxylic acids is 2. The predicted molar refractivity (Wildman–Crippen MR) is 214 cm³/mol. The number of nitrogens with one attached hydrogen (secondary N) is 2. The topological polar surface area (TPSA) is 135 Å². The molecular formula is C41H35Cl2F7N6O6. The number of rotatable bonds is 12. The number of aromatic nitrogens is 2. The lowest BCUT2D eigenvalue weighted by Gasteiger charge is -2.21. The molecule has 4 aromatic carbocycles. The normalized spacial score (nSPS) is 16.7. The number of fused-ring (bicyclic) bond motifs is 2. The maximum Gasteiger partial charge on any atom is 0.573 e. The number of amides is 2. The maximum absolute atomic E-state index is 13.3. The van der Waals surface area contributed by atoms with Crippen LogP contribution in [-0.2, 0) is 0 Å². The summed E-state index contributed by atoms with van der Waals surface area (Å²) in [4.78, 5) is 37.2. The number of halogens is 9. The van der Waals surface area contributed by atoms with Crippen molar-refractivity contribution < 1.29 is 58.6 Å². The van der Waals surface area contributed by atoms with Gasteiger partial charge in [-0.2, -0.15) is 27.5 Å². The number of alkyl halides is 7. The molecule has 2 aliphatic heterocycles. The third-order valence-corrected chi connectivity index (χ3v) is 10.4. The van der Waals surface area contributed by atoms with E-state index in [-0.39, 0.29) is 23.0 Å². The molecule has 0 radical (unpaired) electrons. The van der Waals surface area contributed by atoms with Gasteiger partial charge in [0.2, 0.25) is 0 Å². The van der Waals surface area contributed by atoms with Crippen molar-refractivity contribution in [3.63, 3.8) is 0 Å². The highest BCUT2D eigenvalue weighted by atomic mass is 35.5. The van der Waals surface area contributed by atoms with Crippen molar-refractivity contribution in [2.24, 2.45) is 11.8 Å². The molecule has 0 bridgehead atoms. The highest BCUT2D eigenvalue weighted by Crippen LogP contribution is 2.33. The van der Waals surface area contributed by atoms with Crippen molar-refractivity contribution in [3.8, 4) is 11.5 Å². The van der Waals surface area contributed by atoms with Crippen LogP contribution in [0.25, 0.3) is 22.2 Å². The minimum absolute atomic E-state index is 0.0492. The van der Waals surface area contributed by atoms with E-state index in [2.05, 4.69) is 30.1 Å². The number of hydrogen-bond donors (Lipinski definition) is 2. The van der Waals surface area contributed by atoms with E-state index in [1.807, 2.05) is 0 Å². The summed E-state index contributed by atoms with van der Waals surface area (Å²) < 4.78 is 109. The Morgan fingerprint density at radius 3 is 1.56 bits per heavy atom. The number of nitrogens with zero attached hydrogens (tertiary/aromatic N) is 4. The second-order valence-corrected chi connectivity index (χ2v) is 15.2. The Bertz CT molecular complexity index is 2540. The molecule has 2 amide bonds. The molecule has 6 aromatic rings. The van der Waals surface area contributed by atoms with Crippen LogP contribution in [0.5, 0.6) is 11.5 Å². The highest BCUT2D eigenvalue weighted by molar-refractivity contribution is 6.31. The second kappa shape index (κ2) is 18.6. The maximum atomic E-state index is 13.3. The lowest BCUT2D eigenvalue weighted by molar-refractivity contribution is -0.274. The van der Waals surface area contributed by atoms with E-state index in [1.54, 1.807) is 36.4 Å². The van der Waals surface area contributed by atoms with Crippen molar-refractivity contribution >= 4 is 69.2 Å². The molecular weight excluding hydrogens is 876 g/mol. The van der Waals surface area contributed by atoms with Crippen LogP contribution in [0.4, 0.5) is 42.8 Å². The summed E-state index contributed by atoms with van der Waals surface area (Å²) in [5.41, 5.74) is 2.12. The quantitative estimate of drug-likeness (QED) is 0.114. The Kier molecular flexibility index (Phi) is 13.2. The van der Waals surface area contributed by atoms with Crippen molar-refractivity contribution in [1.82, 2.24) is 19.8 Å². The molecule has 2 aliphatic rings. The van der Waals surface area contributed by atoms with Crippen molar-refractivity contribution in [2.75, 3.05) is 49.9 Å². The summed E-state index contributed by atoms with van der Waals surface area (Å²) in [5.74, 6) is -1.99. The molecule has 2 N–H and O–H groups in total. The zero-order chi connectivity index (χ0) is 44.2. The number of anilines is 2. The first-order chi connectivity index (χ1) is 29.5. The average Bonchev–Trinajstić information content (AvgIpc) is 4.05. The molecule has 62 heavy (non-hydrogen) atoms. The number of likely N-dealkylation sites (tertiary alicyclic amines) is 2. The molecule has 2 atom stereocenters. The molecule has 8 rings (SSSR count). The van der Waals surface area contributed by atoms with Gasteiger partial charge in [0.15, 0.2) is 11.2 Å². The largest absolute Gasteiger partial charge is 0.573 e. The fourth-order valence-electron chi connectivity index (χ4n) is 6.90. The molecule has 0 saturated carbocycles. The first-order valence-corrected chi connectivity index (χ1v) is 19.7. The monoisotopic (exact) mass is 910 g/mol. The van der Waals surface area contributed by atoms with Gasteiger partial charge in [-0.3, -0.25) is 9.59 Å². The third kappa shape index (κ3) is 10.9.